The fraction of sp³-hybridized carbons (Fsp3) is 0.407. The lowest BCUT2D eigenvalue weighted by Crippen LogP contribution is -2.23. The molecule has 1 fully saturated rings. The van der Waals surface area contributed by atoms with Gasteiger partial charge in [-0.25, -0.2) is 0 Å². The second kappa shape index (κ2) is 9.60. The minimum Gasteiger partial charge on any atom is -0.371 e. The molecule has 4 rings (SSSR count). The molecule has 168 valence electrons. The minimum absolute atomic E-state index is 0.0842. The van der Waals surface area contributed by atoms with Gasteiger partial charge in [0.2, 0.25) is 5.56 Å². The number of H-pyrrole nitrogens is 1. The molecule has 1 aromatic heterocycles. The lowest BCUT2D eigenvalue weighted by Gasteiger charge is -2.22. The summed E-state index contributed by atoms with van der Waals surface area (Å²) in [6, 6.07) is 13.6. The maximum atomic E-state index is 13.4. The van der Waals surface area contributed by atoms with Gasteiger partial charge in [0.1, 0.15) is 0 Å². The monoisotopic (exact) mass is 431 g/mol. The van der Waals surface area contributed by atoms with Gasteiger partial charge in [0, 0.05) is 41.4 Å². The Kier molecular flexibility index (Phi) is 6.63. The number of hydrogen-bond donors (Lipinski definition) is 2. The molecule has 2 heterocycles. The number of aromatic amines is 1. The molecule has 0 unspecified atom stereocenters. The Labute approximate surface area is 189 Å². The van der Waals surface area contributed by atoms with Crippen molar-refractivity contribution in [2.75, 3.05) is 23.3 Å². The zero-order chi connectivity index (χ0) is 22.7. The van der Waals surface area contributed by atoms with Gasteiger partial charge in [-0.3, -0.25) is 9.59 Å². The van der Waals surface area contributed by atoms with E-state index in [1.54, 1.807) is 6.07 Å². The number of amides is 1. The highest BCUT2D eigenvalue weighted by Crippen LogP contribution is 2.28. The summed E-state index contributed by atoms with van der Waals surface area (Å²) in [4.78, 5) is 30.3. The summed E-state index contributed by atoms with van der Waals surface area (Å²) >= 11 is 0. The van der Waals surface area contributed by atoms with Crippen molar-refractivity contribution in [3.63, 3.8) is 0 Å². The topological polar surface area (TPSA) is 65.2 Å². The average molecular weight is 432 g/mol. The van der Waals surface area contributed by atoms with E-state index in [1.807, 2.05) is 25.1 Å². The molecular weight excluding hydrogens is 398 g/mol. The molecule has 3 aromatic rings. The number of carbonyl (C=O) groups is 1. The summed E-state index contributed by atoms with van der Waals surface area (Å²) in [5, 5.41) is 4.03. The smallest absolute Gasteiger partial charge is 0.257 e. The maximum absolute atomic E-state index is 13.4. The number of nitrogens with one attached hydrogen (secondary N) is 2. The van der Waals surface area contributed by atoms with Crippen molar-refractivity contribution in [1.82, 2.24) is 4.98 Å². The van der Waals surface area contributed by atoms with Crippen LogP contribution in [0.1, 0.15) is 61.0 Å². The Morgan fingerprint density at radius 2 is 1.88 bits per heavy atom. The van der Waals surface area contributed by atoms with Crippen LogP contribution in [0.3, 0.4) is 0 Å². The van der Waals surface area contributed by atoms with Crippen LogP contribution >= 0.6 is 0 Å². The van der Waals surface area contributed by atoms with Gasteiger partial charge in [0.05, 0.1) is 5.56 Å². The first-order valence-electron chi connectivity index (χ1n) is 11.7. The molecule has 1 aliphatic rings. The molecule has 0 aliphatic carbocycles. The van der Waals surface area contributed by atoms with Crippen LogP contribution in [0.2, 0.25) is 0 Å². The van der Waals surface area contributed by atoms with Gasteiger partial charge < -0.3 is 15.2 Å². The number of rotatable bonds is 7. The lowest BCUT2D eigenvalue weighted by molar-refractivity contribution is 0.102. The molecule has 0 atom stereocenters. The van der Waals surface area contributed by atoms with Crippen LogP contribution in [0, 0.1) is 12.8 Å². The maximum Gasteiger partial charge on any atom is 0.257 e. The van der Waals surface area contributed by atoms with Crippen LogP contribution in [0.15, 0.2) is 47.3 Å². The highest BCUT2D eigenvalue weighted by Gasteiger charge is 2.20. The summed E-state index contributed by atoms with van der Waals surface area (Å²) in [7, 11) is 0. The van der Waals surface area contributed by atoms with E-state index >= 15 is 0 Å². The number of carbonyl (C=O) groups excluding carboxylic acids is 1. The fourth-order valence-electron chi connectivity index (χ4n) is 4.57. The zero-order valence-electron chi connectivity index (χ0n) is 19.3. The number of aromatic nitrogens is 1. The van der Waals surface area contributed by atoms with Crippen LogP contribution < -0.4 is 15.8 Å². The van der Waals surface area contributed by atoms with E-state index in [9.17, 15) is 9.59 Å². The number of aryl methyl sites for hydroxylation is 2. The standard InChI is InChI=1S/C27H33N3O2/c1-18(2)7-6-8-20-9-12-25(30-13-4-5-14-30)23(16-20)27(32)28-21-10-11-24-22(17-21)19(3)15-26(31)29-24/h9-12,15-18H,4-8,13-14H2,1-3H3,(H,28,32)(H,29,31). The SMILES string of the molecule is Cc1cc(=O)[nH]c2ccc(NC(=O)c3cc(CCCC(C)C)ccc3N3CCCC3)cc12. The van der Waals surface area contributed by atoms with Crippen molar-refractivity contribution in [3.05, 3.63) is 69.5 Å². The predicted octanol–water partition coefficient (Wildman–Crippen LogP) is 5.67. The largest absolute Gasteiger partial charge is 0.371 e. The second-order valence-corrected chi connectivity index (χ2v) is 9.36. The van der Waals surface area contributed by atoms with E-state index in [2.05, 4.69) is 47.2 Å². The first kappa shape index (κ1) is 22.1. The summed E-state index contributed by atoms with van der Waals surface area (Å²) in [5.41, 5.74) is 5.26. The molecule has 2 aromatic carbocycles. The normalized spacial score (nSPS) is 13.8. The van der Waals surface area contributed by atoms with Gasteiger partial charge in [0.15, 0.2) is 0 Å². The van der Waals surface area contributed by atoms with Crippen LogP contribution in [-0.4, -0.2) is 24.0 Å². The van der Waals surface area contributed by atoms with Crippen LogP contribution in [0.25, 0.3) is 10.9 Å². The van der Waals surface area contributed by atoms with E-state index in [4.69, 9.17) is 0 Å². The van der Waals surface area contributed by atoms with Crippen molar-refractivity contribution < 1.29 is 4.79 Å². The van der Waals surface area contributed by atoms with Crippen LogP contribution in [0.5, 0.6) is 0 Å². The molecule has 32 heavy (non-hydrogen) atoms. The van der Waals surface area contributed by atoms with E-state index in [-0.39, 0.29) is 11.5 Å². The third-order valence-electron chi connectivity index (χ3n) is 6.31. The van der Waals surface area contributed by atoms with Crippen LogP contribution in [0.4, 0.5) is 11.4 Å². The number of nitrogens with zero attached hydrogens (tertiary/aromatic N) is 1. The molecule has 1 aliphatic heterocycles. The molecule has 5 nitrogen and oxygen atoms in total. The Hall–Kier alpha value is -3.08. The first-order valence-corrected chi connectivity index (χ1v) is 11.7. The molecule has 1 amide bonds. The molecule has 0 saturated carbocycles. The van der Waals surface area contributed by atoms with Gasteiger partial charge >= 0.3 is 0 Å². The third-order valence-corrected chi connectivity index (χ3v) is 6.31. The zero-order valence-corrected chi connectivity index (χ0v) is 19.3. The van der Waals surface area contributed by atoms with E-state index < -0.39 is 0 Å². The highest BCUT2D eigenvalue weighted by atomic mass is 16.1. The summed E-state index contributed by atoms with van der Waals surface area (Å²) in [6.45, 7) is 8.40. The fourth-order valence-corrected chi connectivity index (χ4v) is 4.57. The van der Waals surface area contributed by atoms with Crippen LogP contribution in [-0.2, 0) is 6.42 Å². The van der Waals surface area contributed by atoms with E-state index in [0.717, 1.165) is 59.3 Å². The Morgan fingerprint density at radius 3 is 2.62 bits per heavy atom. The molecule has 2 N–H and O–H groups in total. The number of anilines is 2. The molecule has 5 heteroatoms. The molecular formula is C27H33N3O2. The van der Waals surface area contributed by atoms with E-state index in [0.29, 0.717) is 5.92 Å². The number of hydrogen-bond acceptors (Lipinski definition) is 3. The molecule has 0 radical (unpaired) electrons. The Morgan fingerprint density at radius 1 is 1.09 bits per heavy atom. The van der Waals surface area contributed by atoms with Crippen molar-refractivity contribution >= 4 is 28.2 Å². The van der Waals surface area contributed by atoms with Crippen molar-refractivity contribution in [2.24, 2.45) is 5.92 Å². The number of pyridine rings is 1. The van der Waals surface area contributed by atoms with Gasteiger partial charge in [-0.05, 0) is 80.0 Å². The van der Waals surface area contributed by atoms with Gasteiger partial charge in [-0.1, -0.05) is 26.3 Å². The Balaban J connectivity index is 1.61. The van der Waals surface area contributed by atoms with Crippen molar-refractivity contribution in [3.8, 4) is 0 Å². The number of benzene rings is 2. The summed E-state index contributed by atoms with van der Waals surface area (Å²) < 4.78 is 0. The predicted molar refractivity (Wildman–Crippen MR) is 133 cm³/mol. The summed E-state index contributed by atoms with van der Waals surface area (Å²) in [6.07, 6.45) is 5.64. The first-order chi connectivity index (χ1) is 15.4. The van der Waals surface area contributed by atoms with Gasteiger partial charge in [-0.15, -0.1) is 0 Å². The molecule has 0 spiro atoms. The Bertz CT molecular complexity index is 1170. The van der Waals surface area contributed by atoms with E-state index in [1.165, 1.54) is 24.8 Å². The lowest BCUT2D eigenvalue weighted by atomic mass is 9.99. The number of fused-ring (bicyclic) bond motifs is 1. The minimum atomic E-state index is -0.115. The average Bonchev–Trinajstić information content (AvgIpc) is 3.28. The van der Waals surface area contributed by atoms with Crippen molar-refractivity contribution in [2.45, 2.75) is 52.9 Å². The summed E-state index contributed by atoms with van der Waals surface area (Å²) in [5.74, 6) is 0.604. The van der Waals surface area contributed by atoms with Crippen molar-refractivity contribution in [1.29, 1.82) is 0 Å². The quantitative estimate of drug-likeness (QED) is 0.507. The molecule has 0 bridgehead atoms. The van der Waals surface area contributed by atoms with Gasteiger partial charge in [0.25, 0.3) is 5.91 Å². The highest BCUT2D eigenvalue weighted by molar-refractivity contribution is 6.09. The molecule has 1 saturated heterocycles. The second-order valence-electron chi connectivity index (χ2n) is 9.36. The third kappa shape index (κ3) is 5.04. The van der Waals surface area contributed by atoms with Gasteiger partial charge in [-0.2, -0.15) is 0 Å².